The molecule has 4 heteroatoms. The molecule has 0 spiro atoms. The first-order valence-electron chi connectivity index (χ1n) is 6.33. The van der Waals surface area contributed by atoms with Gasteiger partial charge >= 0.3 is 0 Å². The molecule has 0 heterocycles. The minimum absolute atomic E-state index is 0.0688. The lowest BCUT2D eigenvalue weighted by molar-refractivity contribution is 0.242. The summed E-state index contributed by atoms with van der Waals surface area (Å²) in [6.07, 6.45) is 0.151. The van der Waals surface area contributed by atoms with Crippen LogP contribution in [0.3, 0.4) is 0 Å². The highest BCUT2D eigenvalue weighted by Crippen LogP contribution is 2.36. The summed E-state index contributed by atoms with van der Waals surface area (Å²) in [6, 6.07) is 12.5. The summed E-state index contributed by atoms with van der Waals surface area (Å²) in [5.41, 5.74) is 1.91. The SMILES string of the molecule is CC(C)Oc1ccc(C(Br)c2cc(F)ccc2Br)cc1. The third-order valence-electron chi connectivity index (χ3n) is 2.78. The van der Waals surface area contributed by atoms with E-state index in [2.05, 4.69) is 31.9 Å². The van der Waals surface area contributed by atoms with Gasteiger partial charge in [-0.05, 0) is 55.3 Å². The quantitative estimate of drug-likeness (QED) is 0.583. The maximum absolute atomic E-state index is 13.4. The number of alkyl halides is 1. The Balaban J connectivity index is 2.24. The van der Waals surface area contributed by atoms with Crippen LogP contribution in [-0.4, -0.2) is 6.10 Å². The summed E-state index contributed by atoms with van der Waals surface area (Å²) in [5, 5.41) is 0. The van der Waals surface area contributed by atoms with E-state index in [1.165, 1.54) is 12.1 Å². The predicted octanol–water partition coefficient (Wildman–Crippen LogP) is 5.86. The van der Waals surface area contributed by atoms with Crippen molar-refractivity contribution in [2.75, 3.05) is 0 Å². The van der Waals surface area contributed by atoms with Crippen molar-refractivity contribution < 1.29 is 9.13 Å². The monoisotopic (exact) mass is 400 g/mol. The molecule has 0 saturated carbocycles. The van der Waals surface area contributed by atoms with Gasteiger partial charge in [-0.2, -0.15) is 0 Å². The zero-order valence-corrected chi connectivity index (χ0v) is 14.4. The van der Waals surface area contributed by atoms with Crippen LogP contribution in [0, 0.1) is 5.82 Å². The van der Waals surface area contributed by atoms with Gasteiger partial charge in [0.1, 0.15) is 11.6 Å². The molecule has 0 aromatic heterocycles. The molecule has 1 atom stereocenters. The maximum atomic E-state index is 13.4. The van der Waals surface area contributed by atoms with E-state index >= 15 is 0 Å². The van der Waals surface area contributed by atoms with Crippen molar-refractivity contribution in [3.63, 3.8) is 0 Å². The normalized spacial score (nSPS) is 12.5. The number of halogens is 3. The van der Waals surface area contributed by atoms with E-state index in [0.29, 0.717) is 0 Å². The molecule has 0 aliphatic carbocycles. The van der Waals surface area contributed by atoms with Crippen LogP contribution in [0.4, 0.5) is 4.39 Å². The Bertz CT molecular complexity index is 582. The number of rotatable bonds is 4. The van der Waals surface area contributed by atoms with Gasteiger partial charge in [-0.25, -0.2) is 4.39 Å². The predicted molar refractivity (Wildman–Crippen MR) is 87.1 cm³/mol. The van der Waals surface area contributed by atoms with Gasteiger partial charge in [0.05, 0.1) is 10.9 Å². The fraction of sp³-hybridized carbons (Fsp3) is 0.250. The summed E-state index contributed by atoms with van der Waals surface area (Å²) in [7, 11) is 0. The topological polar surface area (TPSA) is 9.23 Å². The third kappa shape index (κ3) is 3.83. The first kappa shape index (κ1) is 15.5. The van der Waals surface area contributed by atoms with E-state index in [9.17, 15) is 4.39 Å². The number of benzene rings is 2. The lowest BCUT2D eigenvalue weighted by Crippen LogP contribution is -2.05. The van der Waals surface area contributed by atoms with E-state index in [-0.39, 0.29) is 16.7 Å². The Labute approximate surface area is 135 Å². The third-order valence-corrected chi connectivity index (χ3v) is 4.52. The molecule has 2 aromatic rings. The van der Waals surface area contributed by atoms with E-state index in [4.69, 9.17) is 4.74 Å². The van der Waals surface area contributed by atoms with Crippen LogP contribution in [0.5, 0.6) is 5.75 Å². The van der Waals surface area contributed by atoms with E-state index in [0.717, 1.165) is 21.3 Å². The lowest BCUT2D eigenvalue weighted by atomic mass is 10.0. The molecule has 0 fully saturated rings. The van der Waals surface area contributed by atoms with E-state index in [1.807, 2.05) is 38.1 Å². The molecular formula is C16H15Br2FO. The van der Waals surface area contributed by atoms with Crippen LogP contribution >= 0.6 is 31.9 Å². The summed E-state index contributed by atoms with van der Waals surface area (Å²) in [5.74, 6) is 0.592. The van der Waals surface area contributed by atoms with Crippen LogP contribution in [0.25, 0.3) is 0 Å². The molecule has 0 saturated heterocycles. The molecule has 0 bridgehead atoms. The molecule has 1 nitrogen and oxygen atoms in total. The maximum Gasteiger partial charge on any atom is 0.123 e. The van der Waals surface area contributed by atoms with Gasteiger partial charge in [0, 0.05) is 4.47 Å². The Hall–Kier alpha value is -0.870. The average molecular weight is 402 g/mol. The number of hydrogen-bond acceptors (Lipinski definition) is 1. The fourth-order valence-corrected chi connectivity index (χ4v) is 3.34. The van der Waals surface area contributed by atoms with Crippen LogP contribution in [0.1, 0.15) is 29.8 Å². The van der Waals surface area contributed by atoms with Crippen LogP contribution in [0.15, 0.2) is 46.9 Å². The molecule has 20 heavy (non-hydrogen) atoms. The van der Waals surface area contributed by atoms with Gasteiger partial charge in [0.25, 0.3) is 0 Å². The minimum atomic E-state index is -0.243. The Morgan fingerprint density at radius 1 is 1.05 bits per heavy atom. The lowest BCUT2D eigenvalue weighted by Gasteiger charge is -2.14. The average Bonchev–Trinajstić information content (AvgIpc) is 2.41. The molecule has 1 unspecified atom stereocenters. The van der Waals surface area contributed by atoms with E-state index < -0.39 is 0 Å². The summed E-state index contributed by atoms with van der Waals surface area (Å²) >= 11 is 7.07. The second-order valence-electron chi connectivity index (χ2n) is 4.76. The summed E-state index contributed by atoms with van der Waals surface area (Å²) in [4.78, 5) is -0.0688. The zero-order chi connectivity index (χ0) is 14.7. The number of hydrogen-bond donors (Lipinski definition) is 0. The molecule has 0 amide bonds. The summed E-state index contributed by atoms with van der Waals surface area (Å²) < 4.78 is 19.9. The van der Waals surface area contributed by atoms with Crippen molar-refractivity contribution in [1.29, 1.82) is 0 Å². The van der Waals surface area contributed by atoms with Gasteiger partial charge in [-0.15, -0.1) is 0 Å². The molecule has 0 aliphatic heterocycles. The van der Waals surface area contributed by atoms with Crippen molar-refractivity contribution in [2.45, 2.75) is 24.8 Å². The first-order chi connectivity index (χ1) is 9.47. The Morgan fingerprint density at radius 2 is 1.70 bits per heavy atom. The molecule has 0 aliphatic rings. The zero-order valence-electron chi connectivity index (χ0n) is 11.2. The van der Waals surface area contributed by atoms with E-state index in [1.54, 1.807) is 6.07 Å². The van der Waals surface area contributed by atoms with Crippen molar-refractivity contribution >= 4 is 31.9 Å². The van der Waals surface area contributed by atoms with Gasteiger partial charge in [-0.1, -0.05) is 44.0 Å². The molecule has 0 radical (unpaired) electrons. The van der Waals surface area contributed by atoms with Crippen molar-refractivity contribution in [1.82, 2.24) is 0 Å². The largest absolute Gasteiger partial charge is 0.491 e. The van der Waals surface area contributed by atoms with Crippen LogP contribution in [0.2, 0.25) is 0 Å². The molecule has 2 aromatic carbocycles. The standard InChI is InChI=1S/C16H15Br2FO/c1-10(2)20-13-6-3-11(4-7-13)16(18)14-9-12(19)5-8-15(14)17/h3-10,16H,1-2H3. The molecule has 2 rings (SSSR count). The first-order valence-corrected chi connectivity index (χ1v) is 8.04. The fourth-order valence-electron chi connectivity index (χ4n) is 1.88. The molecular weight excluding hydrogens is 387 g/mol. The van der Waals surface area contributed by atoms with Gasteiger partial charge in [0.15, 0.2) is 0 Å². The Morgan fingerprint density at radius 3 is 2.30 bits per heavy atom. The van der Waals surface area contributed by atoms with Crippen molar-refractivity contribution in [3.05, 3.63) is 63.9 Å². The number of ether oxygens (including phenoxy) is 1. The van der Waals surface area contributed by atoms with Gasteiger partial charge in [0.2, 0.25) is 0 Å². The Kier molecular flexibility index (Phi) is 5.22. The minimum Gasteiger partial charge on any atom is -0.491 e. The molecule has 106 valence electrons. The van der Waals surface area contributed by atoms with Gasteiger partial charge < -0.3 is 4.74 Å². The second kappa shape index (κ2) is 6.72. The van der Waals surface area contributed by atoms with Crippen LogP contribution in [-0.2, 0) is 0 Å². The van der Waals surface area contributed by atoms with Crippen molar-refractivity contribution in [3.8, 4) is 5.75 Å². The molecule has 0 N–H and O–H groups in total. The smallest absolute Gasteiger partial charge is 0.123 e. The second-order valence-corrected chi connectivity index (χ2v) is 6.53. The highest BCUT2D eigenvalue weighted by Gasteiger charge is 2.14. The highest BCUT2D eigenvalue weighted by molar-refractivity contribution is 9.11. The highest BCUT2D eigenvalue weighted by atomic mass is 79.9. The summed E-state index contributed by atoms with van der Waals surface area (Å²) in [6.45, 7) is 3.98. The van der Waals surface area contributed by atoms with Crippen molar-refractivity contribution in [2.24, 2.45) is 0 Å². The van der Waals surface area contributed by atoms with Crippen LogP contribution < -0.4 is 4.74 Å². The van der Waals surface area contributed by atoms with Gasteiger partial charge in [-0.3, -0.25) is 0 Å².